The maximum absolute atomic E-state index is 13.4. The first-order valence-corrected chi connectivity index (χ1v) is 8.06. The number of aliphatic imine (C=N–C) groups is 1. The lowest BCUT2D eigenvalue weighted by Gasteiger charge is -2.35. The molecule has 0 fully saturated rings. The van der Waals surface area contributed by atoms with Crippen molar-refractivity contribution >= 4 is 51.7 Å². The largest absolute Gasteiger partial charge is 0.372 e. The van der Waals surface area contributed by atoms with E-state index in [1.807, 2.05) is 0 Å². The first kappa shape index (κ1) is 19.3. The second kappa shape index (κ2) is 6.36. The number of nitrogens with zero attached hydrogens (tertiary/aromatic N) is 2. The molecule has 0 saturated carbocycles. The lowest BCUT2D eigenvalue weighted by Crippen LogP contribution is -2.52. The number of hydrogen-bond acceptors (Lipinski definition) is 4. The molecule has 1 amide bonds. The summed E-state index contributed by atoms with van der Waals surface area (Å²) in [6.45, 7) is 0. The molecule has 4 nitrogen and oxygen atoms in total. The summed E-state index contributed by atoms with van der Waals surface area (Å²) >= 11 is 10.5. The number of aliphatic hydroxyl groups is 1. The smallest absolute Gasteiger partial charge is 0.361 e. The first-order chi connectivity index (χ1) is 10.9. The SMILES string of the molecule is CN(C1=NC(=O)CS1)c1ccc(C(O)(C(F)(F)Cl)C(F)(F)Cl)cc1. The molecule has 132 valence electrons. The van der Waals surface area contributed by atoms with E-state index >= 15 is 0 Å². The van der Waals surface area contributed by atoms with E-state index in [2.05, 4.69) is 28.2 Å². The van der Waals surface area contributed by atoms with Gasteiger partial charge in [-0.2, -0.15) is 22.6 Å². The Morgan fingerprint density at radius 3 is 2.04 bits per heavy atom. The van der Waals surface area contributed by atoms with Crippen molar-refractivity contribution in [1.29, 1.82) is 0 Å². The summed E-state index contributed by atoms with van der Waals surface area (Å²) in [7, 11) is 1.55. The quantitative estimate of drug-likeness (QED) is 0.615. The molecule has 2 rings (SSSR count). The predicted octanol–water partition coefficient (Wildman–Crippen LogP) is 3.60. The van der Waals surface area contributed by atoms with Crippen LogP contribution in [0.1, 0.15) is 5.56 Å². The second-order valence-electron chi connectivity index (χ2n) is 4.89. The maximum Gasteiger partial charge on any atom is 0.361 e. The molecule has 0 unspecified atom stereocenters. The second-order valence-corrected chi connectivity index (χ2v) is 6.78. The van der Waals surface area contributed by atoms with E-state index in [0.717, 1.165) is 12.1 Å². The molecular formula is C13H10Cl2F4N2O2S. The molecule has 0 aromatic heterocycles. The van der Waals surface area contributed by atoms with Gasteiger partial charge in [0.05, 0.1) is 5.75 Å². The minimum absolute atomic E-state index is 0.175. The van der Waals surface area contributed by atoms with E-state index in [4.69, 9.17) is 0 Å². The Morgan fingerprint density at radius 2 is 1.67 bits per heavy atom. The number of hydrogen-bond donors (Lipinski definition) is 1. The van der Waals surface area contributed by atoms with Crippen molar-refractivity contribution in [3.05, 3.63) is 29.8 Å². The van der Waals surface area contributed by atoms with Gasteiger partial charge in [-0.15, -0.1) is 0 Å². The molecule has 1 aromatic rings. The zero-order valence-electron chi connectivity index (χ0n) is 11.9. The van der Waals surface area contributed by atoms with Gasteiger partial charge < -0.3 is 10.0 Å². The van der Waals surface area contributed by atoms with Crippen LogP contribution in [0.15, 0.2) is 29.3 Å². The van der Waals surface area contributed by atoms with Crippen molar-refractivity contribution in [2.24, 2.45) is 4.99 Å². The van der Waals surface area contributed by atoms with Crippen LogP contribution in [0.3, 0.4) is 0 Å². The van der Waals surface area contributed by atoms with Crippen LogP contribution in [-0.2, 0) is 10.4 Å². The molecule has 1 aliphatic heterocycles. The van der Waals surface area contributed by atoms with Crippen LogP contribution < -0.4 is 4.90 Å². The summed E-state index contributed by atoms with van der Waals surface area (Å²) in [5.41, 5.74) is -4.59. The van der Waals surface area contributed by atoms with Crippen LogP contribution >= 0.6 is 35.0 Å². The molecule has 24 heavy (non-hydrogen) atoms. The molecule has 0 saturated heterocycles. The number of anilines is 1. The van der Waals surface area contributed by atoms with Gasteiger partial charge >= 0.3 is 10.8 Å². The Morgan fingerprint density at radius 1 is 1.17 bits per heavy atom. The van der Waals surface area contributed by atoms with E-state index in [0.29, 0.717) is 10.9 Å². The van der Waals surface area contributed by atoms with Gasteiger partial charge in [0.1, 0.15) is 0 Å². The molecule has 0 aliphatic carbocycles. The van der Waals surface area contributed by atoms with E-state index in [1.54, 1.807) is 7.05 Å². The fraction of sp³-hybridized carbons (Fsp3) is 0.385. The Hall–Kier alpha value is -1.03. The normalized spacial score (nSPS) is 16.3. The van der Waals surface area contributed by atoms with Crippen LogP contribution in [0.4, 0.5) is 23.2 Å². The molecular weight excluding hydrogens is 395 g/mol. The van der Waals surface area contributed by atoms with E-state index in [1.165, 1.54) is 28.8 Å². The average molecular weight is 405 g/mol. The summed E-state index contributed by atoms with van der Waals surface area (Å²) in [6, 6.07) is 4.08. The van der Waals surface area contributed by atoms with Crippen molar-refractivity contribution in [3.8, 4) is 0 Å². The van der Waals surface area contributed by atoms with Crippen LogP contribution in [0.2, 0.25) is 0 Å². The first-order valence-electron chi connectivity index (χ1n) is 6.32. The molecule has 1 heterocycles. The topological polar surface area (TPSA) is 52.9 Å². The van der Waals surface area contributed by atoms with E-state index < -0.39 is 21.9 Å². The summed E-state index contributed by atoms with van der Waals surface area (Å²) in [6.07, 6.45) is 0. The Kier molecular flexibility index (Phi) is 5.11. The van der Waals surface area contributed by atoms with Crippen molar-refractivity contribution in [3.63, 3.8) is 0 Å². The van der Waals surface area contributed by atoms with E-state index in [-0.39, 0.29) is 11.7 Å². The van der Waals surface area contributed by atoms with Gasteiger partial charge in [0.2, 0.25) is 5.60 Å². The molecule has 1 aliphatic rings. The summed E-state index contributed by atoms with van der Waals surface area (Å²) in [5.74, 6) is -0.148. The molecule has 11 heteroatoms. The highest BCUT2D eigenvalue weighted by atomic mass is 35.5. The fourth-order valence-electron chi connectivity index (χ4n) is 1.99. The summed E-state index contributed by atoms with van der Waals surface area (Å²) < 4.78 is 53.5. The highest BCUT2D eigenvalue weighted by molar-refractivity contribution is 8.15. The zero-order chi connectivity index (χ0) is 18.3. The van der Waals surface area contributed by atoms with Crippen LogP contribution in [0, 0.1) is 0 Å². The van der Waals surface area contributed by atoms with Gasteiger partial charge in [0.25, 0.3) is 5.91 Å². The van der Waals surface area contributed by atoms with Gasteiger partial charge in [0, 0.05) is 12.7 Å². The maximum atomic E-state index is 13.4. The third-order valence-corrected chi connectivity index (χ3v) is 4.89. The van der Waals surface area contributed by atoms with Gasteiger partial charge in [0.15, 0.2) is 5.17 Å². The molecule has 1 aromatic carbocycles. The summed E-state index contributed by atoms with van der Waals surface area (Å²) in [4.78, 5) is 16.3. The monoisotopic (exact) mass is 404 g/mol. The minimum atomic E-state index is -4.72. The van der Waals surface area contributed by atoms with Gasteiger partial charge in [-0.3, -0.25) is 4.79 Å². The minimum Gasteiger partial charge on any atom is -0.372 e. The summed E-state index contributed by atoms with van der Waals surface area (Å²) in [5, 5.41) is 0.713. The standard InChI is InChI=1S/C13H10Cl2F4N2O2S/c1-21(10-20-9(22)6-24-10)8-4-2-7(3-5-8)11(23,12(14,16)17)13(15,18)19/h2-5,23H,6H2,1H3. The van der Waals surface area contributed by atoms with Crippen LogP contribution in [0.5, 0.6) is 0 Å². The van der Waals surface area contributed by atoms with E-state index in [9.17, 15) is 27.5 Å². The Labute approximate surface area is 148 Å². The van der Waals surface area contributed by atoms with Gasteiger partial charge in [-0.25, -0.2) is 0 Å². The molecule has 0 spiro atoms. The average Bonchev–Trinajstić information content (AvgIpc) is 2.90. The van der Waals surface area contributed by atoms with Crippen molar-refractivity contribution in [2.45, 2.75) is 16.4 Å². The number of alkyl halides is 6. The third kappa shape index (κ3) is 3.35. The zero-order valence-corrected chi connectivity index (χ0v) is 14.3. The fourth-order valence-corrected chi connectivity index (χ4v) is 3.28. The highest BCUT2D eigenvalue weighted by Crippen LogP contribution is 2.52. The lowest BCUT2D eigenvalue weighted by atomic mass is 9.93. The molecule has 1 N–H and O–H groups in total. The third-order valence-electron chi connectivity index (χ3n) is 3.32. The highest BCUT2D eigenvalue weighted by Gasteiger charge is 2.67. The Balaban J connectivity index is 2.37. The molecule has 0 radical (unpaired) electrons. The van der Waals surface area contributed by atoms with Crippen LogP contribution in [-0.4, -0.2) is 39.7 Å². The number of carbonyl (C=O) groups is 1. The van der Waals surface area contributed by atoms with Crippen LogP contribution in [0.25, 0.3) is 0 Å². The number of carbonyl (C=O) groups excluding carboxylic acids is 1. The van der Waals surface area contributed by atoms with Gasteiger partial charge in [-0.1, -0.05) is 23.9 Å². The van der Waals surface area contributed by atoms with Crippen molar-refractivity contribution < 1.29 is 27.5 Å². The molecule has 0 bridgehead atoms. The number of amides is 1. The molecule has 0 atom stereocenters. The number of amidine groups is 1. The van der Waals surface area contributed by atoms with Gasteiger partial charge in [-0.05, 0) is 40.9 Å². The number of rotatable bonds is 4. The van der Waals surface area contributed by atoms with Crippen molar-refractivity contribution in [1.82, 2.24) is 0 Å². The lowest BCUT2D eigenvalue weighted by molar-refractivity contribution is -0.224. The predicted molar refractivity (Wildman–Crippen MR) is 85.2 cm³/mol. The number of thioether (sulfide) groups is 1. The number of benzene rings is 1. The van der Waals surface area contributed by atoms with Crippen molar-refractivity contribution in [2.75, 3.05) is 17.7 Å². The number of halogens is 6. The Bertz CT molecular complexity index is 660.